The van der Waals surface area contributed by atoms with Gasteiger partial charge in [0.15, 0.2) is 0 Å². The van der Waals surface area contributed by atoms with Crippen molar-refractivity contribution in [2.75, 3.05) is 0 Å². The molecule has 0 bridgehead atoms. The van der Waals surface area contributed by atoms with Crippen LogP contribution in [0.5, 0.6) is 0 Å². The van der Waals surface area contributed by atoms with Crippen molar-refractivity contribution >= 4 is 12.4 Å². The van der Waals surface area contributed by atoms with Gasteiger partial charge in [-0.15, -0.1) is 0 Å². The number of hydrogen-bond donors (Lipinski definition) is 2. The zero-order chi connectivity index (χ0) is 11.0. The molecule has 1 unspecified atom stereocenters. The second-order valence-electron chi connectivity index (χ2n) is 2.56. The van der Waals surface area contributed by atoms with Crippen molar-refractivity contribution in [1.29, 1.82) is 0 Å². The lowest BCUT2D eigenvalue weighted by molar-refractivity contribution is -0.140. The Labute approximate surface area is 82.6 Å². The number of carbonyl (C=O) groups is 2. The lowest BCUT2D eigenvalue weighted by atomic mass is 10.1. The van der Waals surface area contributed by atoms with Crippen molar-refractivity contribution in [1.82, 2.24) is 5.32 Å². The Morgan fingerprint density at radius 3 is 2.50 bits per heavy atom. The van der Waals surface area contributed by atoms with Crippen LogP contribution in [0.4, 0.5) is 0 Å². The molecular weight excluding hydrogens is 182 g/mol. The molecular formula is C10H13NO3. The van der Waals surface area contributed by atoms with Crippen LogP contribution in [0.3, 0.4) is 0 Å². The summed E-state index contributed by atoms with van der Waals surface area (Å²) >= 11 is 0. The molecule has 0 aromatic carbocycles. The molecule has 1 amide bonds. The average molecular weight is 195 g/mol. The third-order valence-corrected chi connectivity index (χ3v) is 1.60. The van der Waals surface area contributed by atoms with Gasteiger partial charge in [-0.1, -0.05) is 31.4 Å². The van der Waals surface area contributed by atoms with Gasteiger partial charge in [0, 0.05) is 6.42 Å². The van der Waals surface area contributed by atoms with E-state index in [-0.39, 0.29) is 6.42 Å². The van der Waals surface area contributed by atoms with E-state index in [0.717, 1.165) is 0 Å². The standard InChI is InChI=1S/C10H13NO3/c1-3-5-8(4-2)6-9(10(13)14)11-7-12/h3-5,7,9H,1-2,6H2,(H,11,12)(H,13,14)/b8-5+. The van der Waals surface area contributed by atoms with Gasteiger partial charge in [-0.3, -0.25) is 4.79 Å². The molecule has 1 atom stereocenters. The molecule has 76 valence electrons. The normalized spacial score (nSPS) is 12.7. The molecule has 4 nitrogen and oxygen atoms in total. The monoisotopic (exact) mass is 195 g/mol. The molecule has 14 heavy (non-hydrogen) atoms. The Bertz CT molecular complexity index is 269. The molecule has 0 aromatic rings. The number of aliphatic carboxylic acids is 1. The summed E-state index contributed by atoms with van der Waals surface area (Å²) < 4.78 is 0. The highest BCUT2D eigenvalue weighted by Gasteiger charge is 2.16. The SMILES string of the molecule is C=C/C=C(\C=C)CC(NC=O)C(=O)O. The van der Waals surface area contributed by atoms with Crippen LogP contribution < -0.4 is 5.32 Å². The maximum atomic E-state index is 10.6. The van der Waals surface area contributed by atoms with Crippen molar-refractivity contribution in [2.24, 2.45) is 0 Å². The van der Waals surface area contributed by atoms with Gasteiger partial charge >= 0.3 is 5.97 Å². The molecule has 0 aliphatic carbocycles. The lowest BCUT2D eigenvalue weighted by Crippen LogP contribution is -2.35. The Kier molecular flexibility index (Phi) is 5.78. The summed E-state index contributed by atoms with van der Waals surface area (Å²) in [6, 6.07) is -0.920. The van der Waals surface area contributed by atoms with Crippen molar-refractivity contribution in [3.63, 3.8) is 0 Å². The topological polar surface area (TPSA) is 66.4 Å². The molecule has 0 saturated heterocycles. The molecule has 0 fully saturated rings. The van der Waals surface area contributed by atoms with Gasteiger partial charge in [0.2, 0.25) is 6.41 Å². The van der Waals surface area contributed by atoms with E-state index in [0.29, 0.717) is 12.0 Å². The summed E-state index contributed by atoms with van der Waals surface area (Å²) in [5, 5.41) is 10.9. The van der Waals surface area contributed by atoms with Gasteiger partial charge in [-0.05, 0) is 5.57 Å². The first kappa shape index (κ1) is 12.2. The predicted octanol–water partition coefficient (Wildman–Crippen LogP) is 0.874. The minimum Gasteiger partial charge on any atom is -0.480 e. The molecule has 0 aromatic heterocycles. The van der Waals surface area contributed by atoms with E-state index >= 15 is 0 Å². The maximum Gasteiger partial charge on any atom is 0.326 e. The molecule has 0 saturated carbocycles. The van der Waals surface area contributed by atoms with Crippen molar-refractivity contribution in [2.45, 2.75) is 12.5 Å². The van der Waals surface area contributed by atoms with Crippen LogP contribution in [-0.4, -0.2) is 23.5 Å². The number of carboxylic acids is 1. The summed E-state index contributed by atoms with van der Waals surface area (Å²) in [5.74, 6) is -1.08. The minimum absolute atomic E-state index is 0.198. The third-order valence-electron chi connectivity index (χ3n) is 1.60. The van der Waals surface area contributed by atoms with Gasteiger partial charge in [-0.2, -0.15) is 0 Å². The van der Waals surface area contributed by atoms with E-state index in [2.05, 4.69) is 18.5 Å². The van der Waals surface area contributed by atoms with Gasteiger partial charge in [0.1, 0.15) is 6.04 Å². The number of carbonyl (C=O) groups excluding carboxylic acids is 1. The number of allylic oxidation sites excluding steroid dienone is 3. The molecule has 0 spiro atoms. The number of nitrogens with one attached hydrogen (secondary N) is 1. The van der Waals surface area contributed by atoms with E-state index in [1.807, 2.05) is 0 Å². The summed E-state index contributed by atoms with van der Waals surface area (Å²) in [7, 11) is 0. The zero-order valence-corrected chi connectivity index (χ0v) is 7.77. The second kappa shape index (κ2) is 6.65. The van der Waals surface area contributed by atoms with E-state index in [9.17, 15) is 9.59 Å². The van der Waals surface area contributed by atoms with Crippen LogP contribution in [0.1, 0.15) is 6.42 Å². The highest BCUT2D eigenvalue weighted by atomic mass is 16.4. The molecule has 0 rings (SSSR count). The van der Waals surface area contributed by atoms with Gasteiger partial charge in [-0.25, -0.2) is 4.79 Å². The summed E-state index contributed by atoms with van der Waals surface area (Å²) in [6.07, 6.45) is 5.29. The number of amides is 1. The number of rotatable bonds is 7. The molecule has 0 aliphatic rings. The Morgan fingerprint density at radius 2 is 2.14 bits per heavy atom. The molecule has 0 heterocycles. The van der Waals surface area contributed by atoms with Crippen molar-refractivity contribution < 1.29 is 14.7 Å². The first-order valence-corrected chi connectivity index (χ1v) is 4.02. The number of hydrogen-bond acceptors (Lipinski definition) is 2. The van der Waals surface area contributed by atoms with Crippen molar-refractivity contribution in [3.05, 3.63) is 37.0 Å². The molecule has 0 radical (unpaired) electrons. The molecule has 0 aliphatic heterocycles. The number of carboxylic acid groups (broad SMARTS) is 1. The van der Waals surface area contributed by atoms with E-state index in [4.69, 9.17) is 5.11 Å². The van der Waals surface area contributed by atoms with Crippen LogP contribution in [0.2, 0.25) is 0 Å². The van der Waals surface area contributed by atoms with Crippen LogP contribution in [0, 0.1) is 0 Å². The lowest BCUT2D eigenvalue weighted by Gasteiger charge is -2.10. The summed E-state index contributed by atoms with van der Waals surface area (Å²) in [6.45, 7) is 7.01. The first-order chi connectivity index (χ1) is 6.65. The van der Waals surface area contributed by atoms with Gasteiger partial charge in [0.05, 0.1) is 0 Å². The van der Waals surface area contributed by atoms with Gasteiger partial charge < -0.3 is 10.4 Å². The first-order valence-electron chi connectivity index (χ1n) is 4.02. The average Bonchev–Trinajstić information content (AvgIpc) is 2.15. The van der Waals surface area contributed by atoms with Crippen LogP contribution in [-0.2, 0) is 9.59 Å². The zero-order valence-electron chi connectivity index (χ0n) is 7.77. The Hall–Kier alpha value is -1.84. The molecule has 4 heteroatoms. The van der Waals surface area contributed by atoms with Crippen LogP contribution >= 0.6 is 0 Å². The smallest absolute Gasteiger partial charge is 0.326 e. The highest BCUT2D eigenvalue weighted by Crippen LogP contribution is 2.06. The fourth-order valence-electron chi connectivity index (χ4n) is 0.906. The van der Waals surface area contributed by atoms with Gasteiger partial charge in [0.25, 0.3) is 0 Å². The Morgan fingerprint density at radius 1 is 1.50 bits per heavy atom. The largest absolute Gasteiger partial charge is 0.480 e. The Balaban J connectivity index is 4.47. The van der Waals surface area contributed by atoms with E-state index < -0.39 is 12.0 Å². The fourth-order valence-corrected chi connectivity index (χ4v) is 0.906. The maximum absolute atomic E-state index is 10.6. The summed E-state index contributed by atoms with van der Waals surface area (Å²) in [5.41, 5.74) is 0.710. The molecule has 2 N–H and O–H groups in total. The predicted molar refractivity (Wildman–Crippen MR) is 53.7 cm³/mol. The minimum atomic E-state index is -1.08. The summed E-state index contributed by atoms with van der Waals surface area (Å²) in [4.78, 5) is 20.7. The van der Waals surface area contributed by atoms with Crippen molar-refractivity contribution in [3.8, 4) is 0 Å². The third kappa shape index (κ3) is 4.25. The van der Waals surface area contributed by atoms with E-state index in [1.165, 1.54) is 12.2 Å². The van der Waals surface area contributed by atoms with Crippen LogP contribution in [0.15, 0.2) is 37.0 Å². The van der Waals surface area contributed by atoms with Crippen LogP contribution in [0.25, 0.3) is 0 Å². The van der Waals surface area contributed by atoms with E-state index in [1.54, 1.807) is 6.08 Å². The quantitative estimate of drug-likeness (QED) is 0.468. The fraction of sp³-hybridized carbons (Fsp3) is 0.200. The highest BCUT2D eigenvalue weighted by molar-refractivity contribution is 5.76. The second-order valence-corrected chi connectivity index (χ2v) is 2.56.